The number of esters is 1. The van der Waals surface area contributed by atoms with Crippen molar-refractivity contribution in [3.05, 3.63) is 110 Å². The minimum absolute atomic E-state index is 0.0661. The van der Waals surface area contributed by atoms with Gasteiger partial charge in [-0.05, 0) is 66.5 Å². The number of para-hydroxylation sites is 1. The highest BCUT2D eigenvalue weighted by atomic mass is 16.5. The van der Waals surface area contributed by atoms with Crippen molar-refractivity contribution in [1.29, 1.82) is 0 Å². The van der Waals surface area contributed by atoms with Crippen LogP contribution in [0, 0.1) is 0 Å². The van der Waals surface area contributed by atoms with Gasteiger partial charge in [0.2, 0.25) is 0 Å². The highest BCUT2D eigenvalue weighted by Gasteiger charge is 2.16. The molecule has 1 aliphatic rings. The van der Waals surface area contributed by atoms with Crippen molar-refractivity contribution in [3.63, 3.8) is 0 Å². The lowest BCUT2D eigenvalue weighted by Gasteiger charge is -2.18. The van der Waals surface area contributed by atoms with Gasteiger partial charge in [-0.25, -0.2) is 9.78 Å². The number of rotatable bonds is 4. The third-order valence-electron chi connectivity index (χ3n) is 7.23. The molecular formula is C32H26N2O3. The largest absolute Gasteiger partial charge is 0.465 e. The number of ether oxygens (including phenoxy) is 1. The summed E-state index contributed by atoms with van der Waals surface area (Å²) in [5.74, 6) is -0.222. The maximum absolute atomic E-state index is 13.1. The zero-order chi connectivity index (χ0) is 25.5. The molecule has 2 heterocycles. The lowest BCUT2D eigenvalue weighted by molar-refractivity contribution is 0.0601. The average Bonchev–Trinajstić information content (AvgIpc) is 3.14. The second-order valence-corrected chi connectivity index (χ2v) is 9.42. The summed E-state index contributed by atoms with van der Waals surface area (Å²) >= 11 is 0. The Kier molecular flexibility index (Phi) is 5.68. The molecule has 0 fully saturated rings. The van der Waals surface area contributed by atoms with Crippen LogP contribution in [0.1, 0.15) is 41.6 Å². The lowest BCUT2D eigenvalue weighted by atomic mass is 9.87. The Morgan fingerprint density at radius 1 is 1.00 bits per heavy atom. The second kappa shape index (κ2) is 9.17. The molecule has 37 heavy (non-hydrogen) atoms. The van der Waals surface area contributed by atoms with Crippen LogP contribution in [-0.4, -0.2) is 23.0 Å². The van der Waals surface area contributed by atoms with E-state index in [4.69, 9.17) is 9.72 Å². The Labute approximate surface area is 213 Å². The molecule has 0 spiro atoms. The molecule has 0 aliphatic heterocycles. The van der Waals surface area contributed by atoms with Crippen LogP contribution >= 0.6 is 0 Å². The van der Waals surface area contributed by atoms with Crippen molar-refractivity contribution >= 4 is 50.8 Å². The fourth-order valence-electron chi connectivity index (χ4n) is 5.33. The van der Waals surface area contributed by atoms with E-state index in [2.05, 4.69) is 48.3 Å². The lowest BCUT2D eigenvalue weighted by Crippen LogP contribution is -2.41. The molecule has 0 bridgehead atoms. The van der Waals surface area contributed by atoms with Gasteiger partial charge in [-0.2, -0.15) is 0 Å². The monoisotopic (exact) mass is 486 g/mol. The number of methoxy groups -OCH3 is 1. The summed E-state index contributed by atoms with van der Waals surface area (Å²) < 4.78 is 4.87. The van der Waals surface area contributed by atoms with Gasteiger partial charge in [-0.1, -0.05) is 49.4 Å². The molecule has 2 aromatic heterocycles. The van der Waals surface area contributed by atoms with Crippen LogP contribution in [0.25, 0.3) is 44.9 Å². The van der Waals surface area contributed by atoms with Crippen LogP contribution in [0.4, 0.5) is 0 Å². The third-order valence-corrected chi connectivity index (χ3v) is 7.23. The number of hydrogen-bond acceptors (Lipinski definition) is 4. The van der Waals surface area contributed by atoms with Gasteiger partial charge in [0.05, 0.1) is 23.7 Å². The fourth-order valence-corrected chi connectivity index (χ4v) is 5.33. The topological polar surface area (TPSA) is 72.0 Å². The molecular weight excluding hydrogens is 460 g/mol. The number of hydrogen-bond donors (Lipinski definition) is 1. The fraction of sp³-hybridized carbons (Fsp3) is 0.156. The van der Waals surface area contributed by atoms with Crippen LogP contribution in [-0.2, 0) is 4.74 Å². The van der Waals surface area contributed by atoms with Gasteiger partial charge in [0.25, 0.3) is 0 Å². The summed E-state index contributed by atoms with van der Waals surface area (Å²) in [6.45, 7) is 2.18. The Balaban J connectivity index is 1.45. The van der Waals surface area contributed by atoms with E-state index in [9.17, 15) is 9.59 Å². The number of fused-ring (bicyclic) bond motifs is 4. The van der Waals surface area contributed by atoms with E-state index in [-0.39, 0.29) is 17.3 Å². The van der Waals surface area contributed by atoms with E-state index < -0.39 is 0 Å². The zero-order valence-electron chi connectivity index (χ0n) is 20.7. The summed E-state index contributed by atoms with van der Waals surface area (Å²) in [7, 11) is 1.38. The average molecular weight is 487 g/mol. The SMILES string of the molecule is CCC(C1=CCC=c2c([nH]c3ccccc3c2=O)=C1)c1ccc2cc3ccc(C(=O)OC)cc3nc2c1. The van der Waals surface area contributed by atoms with Crippen LogP contribution in [0.15, 0.2) is 83.2 Å². The maximum Gasteiger partial charge on any atom is 0.337 e. The second-order valence-electron chi connectivity index (χ2n) is 9.42. The first-order chi connectivity index (χ1) is 18.1. The van der Waals surface area contributed by atoms with Crippen molar-refractivity contribution in [2.24, 2.45) is 0 Å². The van der Waals surface area contributed by atoms with Crippen molar-refractivity contribution < 1.29 is 9.53 Å². The zero-order valence-corrected chi connectivity index (χ0v) is 20.7. The predicted molar refractivity (Wildman–Crippen MR) is 149 cm³/mol. The number of benzene rings is 3. The maximum atomic E-state index is 13.1. The number of carbonyl (C=O) groups excluding carboxylic acids is 1. The molecule has 1 N–H and O–H groups in total. The molecule has 1 unspecified atom stereocenters. The van der Waals surface area contributed by atoms with Crippen molar-refractivity contribution in [2.75, 3.05) is 7.11 Å². The number of aromatic nitrogens is 2. The van der Waals surface area contributed by atoms with Crippen LogP contribution in [0.2, 0.25) is 0 Å². The molecule has 0 radical (unpaired) electrons. The van der Waals surface area contributed by atoms with Gasteiger partial charge >= 0.3 is 5.97 Å². The number of nitrogens with zero attached hydrogens (tertiary/aromatic N) is 1. The number of allylic oxidation sites excluding steroid dienone is 2. The first kappa shape index (κ1) is 22.9. The third kappa shape index (κ3) is 4.02. The van der Waals surface area contributed by atoms with Crippen molar-refractivity contribution in [3.8, 4) is 0 Å². The molecule has 5 nitrogen and oxygen atoms in total. The van der Waals surface area contributed by atoms with E-state index >= 15 is 0 Å². The molecule has 5 heteroatoms. The molecule has 6 rings (SSSR count). The summed E-state index contributed by atoms with van der Waals surface area (Å²) in [4.78, 5) is 33.5. The van der Waals surface area contributed by atoms with Gasteiger partial charge in [0.1, 0.15) is 0 Å². The van der Waals surface area contributed by atoms with E-state index in [0.717, 1.165) is 44.3 Å². The van der Waals surface area contributed by atoms with Gasteiger partial charge < -0.3 is 9.72 Å². The summed E-state index contributed by atoms with van der Waals surface area (Å²) in [5.41, 5.74) is 5.38. The minimum atomic E-state index is -0.373. The summed E-state index contributed by atoms with van der Waals surface area (Å²) in [5, 5.41) is 4.32. The molecule has 0 amide bonds. The van der Waals surface area contributed by atoms with Crippen LogP contribution in [0.5, 0.6) is 0 Å². The molecule has 1 aliphatic carbocycles. The number of aromatic amines is 1. The molecule has 3 aromatic carbocycles. The first-order valence-electron chi connectivity index (χ1n) is 12.5. The highest BCUT2D eigenvalue weighted by molar-refractivity contribution is 5.98. The van der Waals surface area contributed by atoms with E-state index in [1.165, 1.54) is 18.2 Å². The summed E-state index contributed by atoms with van der Waals surface area (Å²) in [6, 6.07) is 21.6. The van der Waals surface area contributed by atoms with Crippen molar-refractivity contribution in [2.45, 2.75) is 25.7 Å². The first-order valence-corrected chi connectivity index (χ1v) is 12.5. The van der Waals surface area contributed by atoms with Crippen LogP contribution in [0.3, 0.4) is 0 Å². The Hall–Kier alpha value is -4.51. The molecule has 0 saturated carbocycles. The highest BCUT2D eigenvalue weighted by Crippen LogP contribution is 2.32. The van der Waals surface area contributed by atoms with E-state index in [0.29, 0.717) is 17.4 Å². The summed E-state index contributed by atoms with van der Waals surface area (Å²) in [6.07, 6.45) is 7.96. The molecule has 0 saturated heterocycles. The normalized spacial score (nSPS) is 13.8. The standard InChI is InChI=1S/C32H26N2O3/c1-3-24(19-7-6-9-26-30(17-19)33-27-10-5-4-8-25(27)31(26)35)20-11-12-21-15-22-13-14-23(32(36)37-2)18-29(22)34-28(21)16-20/h4-5,7-18,24,33H,3,6H2,1-2H3. The van der Waals surface area contributed by atoms with Gasteiger partial charge in [-0.15, -0.1) is 0 Å². The minimum Gasteiger partial charge on any atom is -0.465 e. The molecule has 182 valence electrons. The number of carbonyl (C=O) groups is 1. The van der Waals surface area contributed by atoms with E-state index in [1.54, 1.807) is 12.1 Å². The Morgan fingerprint density at radius 3 is 2.59 bits per heavy atom. The van der Waals surface area contributed by atoms with Crippen LogP contribution < -0.4 is 16.0 Å². The quantitative estimate of drug-likeness (QED) is 0.283. The van der Waals surface area contributed by atoms with Crippen molar-refractivity contribution in [1.82, 2.24) is 9.97 Å². The smallest absolute Gasteiger partial charge is 0.337 e. The number of pyridine rings is 2. The molecule has 1 atom stereocenters. The number of H-pyrrole nitrogens is 1. The van der Waals surface area contributed by atoms with E-state index in [1.807, 2.05) is 36.4 Å². The Bertz CT molecular complexity index is 1930. The Morgan fingerprint density at radius 2 is 1.78 bits per heavy atom. The number of nitrogens with one attached hydrogen (secondary N) is 1. The van der Waals surface area contributed by atoms with Gasteiger partial charge in [0, 0.05) is 38.2 Å². The van der Waals surface area contributed by atoms with Gasteiger partial charge in [0.15, 0.2) is 5.43 Å². The molecule has 5 aromatic rings. The van der Waals surface area contributed by atoms with Gasteiger partial charge in [-0.3, -0.25) is 4.79 Å². The predicted octanol–water partition coefficient (Wildman–Crippen LogP) is 5.10.